The molecule has 17 heavy (non-hydrogen) atoms. The Morgan fingerprint density at radius 1 is 1.35 bits per heavy atom. The molecule has 0 aromatic heterocycles. The summed E-state index contributed by atoms with van der Waals surface area (Å²) >= 11 is 0. The molecule has 0 aromatic carbocycles. The van der Waals surface area contributed by atoms with Crippen LogP contribution in [-0.4, -0.2) is 41.9 Å². The molecule has 0 aliphatic carbocycles. The summed E-state index contributed by atoms with van der Waals surface area (Å²) in [6, 6.07) is 0. The molecule has 0 spiro atoms. The van der Waals surface area contributed by atoms with Gasteiger partial charge in [-0.2, -0.15) is 13.2 Å². The van der Waals surface area contributed by atoms with E-state index >= 15 is 0 Å². The van der Waals surface area contributed by atoms with E-state index in [1.54, 1.807) is 0 Å². The van der Waals surface area contributed by atoms with Crippen LogP contribution >= 0.6 is 0 Å². The molecule has 5 heteroatoms. The SMILES string of the molecule is C=CCCCN1CCC(C(O)C(F)(F)F)CC1. The molecule has 100 valence electrons. The third-order valence-corrected chi connectivity index (χ3v) is 3.30. The zero-order chi connectivity index (χ0) is 12.9. The lowest BCUT2D eigenvalue weighted by molar-refractivity contribution is -0.223. The van der Waals surface area contributed by atoms with Crippen molar-refractivity contribution in [3.8, 4) is 0 Å². The second kappa shape index (κ2) is 6.40. The van der Waals surface area contributed by atoms with Gasteiger partial charge in [-0.3, -0.25) is 0 Å². The van der Waals surface area contributed by atoms with E-state index in [1.165, 1.54) is 0 Å². The molecule has 1 unspecified atom stereocenters. The van der Waals surface area contributed by atoms with E-state index in [1.807, 2.05) is 6.08 Å². The van der Waals surface area contributed by atoms with E-state index in [0.29, 0.717) is 25.9 Å². The summed E-state index contributed by atoms with van der Waals surface area (Å²) in [6.07, 6.45) is -2.00. The van der Waals surface area contributed by atoms with Gasteiger partial charge in [-0.05, 0) is 51.2 Å². The van der Waals surface area contributed by atoms with Gasteiger partial charge < -0.3 is 10.0 Å². The maximum atomic E-state index is 12.3. The summed E-state index contributed by atoms with van der Waals surface area (Å²) in [5, 5.41) is 9.15. The van der Waals surface area contributed by atoms with Crippen LogP contribution in [0.5, 0.6) is 0 Å². The number of aliphatic hydroxyl groups is 1. The Hall–Kier alpha value is -0.550. The summed E-state index contributed by atoms with van der Waals surface area (Å²) in [4.78, 5) is 2.16. The highest BCUT2D eigenvalue weighted by Gasteiger charge is 2.43. The molecule has 2 nitrogen and oxygen atoms in total. The number of aliphatic hydroxyl groups excluding tert-OH is 1. The Bertz CT molecular complexity index is 234. The van der Waals surface area contributed by atoms with Gasteiger partial charge in [-0.1, -0.05) is 6.08 Å². The molecule has 0 amide bonds. The first kappa shape index (κ1) is 14.5. The predicted octanol–water partition coefficient (Wildman–Crippen LogP) is 2.59. The third-order valence-electron chi connectivity index (χ3n) is 3.30. The van der Waals surface area contributed by atoms with Crippen molar-refractivity contribution in [2.75, 3.05) is 19.6 Å². The lowest BCUT2D eigenvalue weighted by atomic mass is 9.91. The lowest BCUT2D eigenvalue weighted by Gasteiger charge is -2.34. The van der Waals surface area contributed by atoms with Crippen molar-refractivity contribution in [2.45, 2.75) is 38.0 Å². The number of piperidine rings is 1. The van der Waals surface area contributed by atoms with Crippen LogP contribution in [0, 0.1) is 5.92 Å². The highest BCUT2D eigenvalue weighted by Crippen LogP contribution is 2.31. The predicted molar refractivity (Wildman–Crippen MR) is 60.7 cm³/mol. The van der Waals surface area contributed by atoms with Crippen molar-refractivity contribution in [1.82, 2.24) is 4.90 Å². The molecule has 0 aromatic rings. The Morgan fingerprint density at radius 3 is 2.41 bits per heavy atom. The first-order chi connectivity index (χ1) is 7.95. The minimum absolute atomic E-state index is 0.425. The van der Waals surface area contributed by atoms with E-state index in [9.17, 15) is 13.2 Å². The van der Waals surface area contributed by atoms with Gasteiger partial charge in [-0.25, -0.2) is 0 Å². The largest absolute Gasteiger partial charge is 0.414 e. The summed E-state index contributed by atoms with van der Waals surface area (Å²) in [6.45, 7) is 5.83. The lowest BCUT2D eigenvalue weighted by Crippen LogP contribution is -2.43. The Balaban J connectivity index is 2.28. The fourth-order valence-electron chi connectivity index (χ4n) is 2.22. The zero-order valence-electron chi connectivity index (χ0n) is 9.92. The van der Waals surface area contributed by atoms with Gasteiger partial charge in [0.1, 0.15) is 0 Å². The van der Waals surface area contributed by atoms with E-state index in [4.69, 9.17) is 5.11 Å². The number of unbranched alkanes of at least 4 members (excludes halogenated alkanes) is 1. The molecule has 0 saturated carbocycles. The summed E-state index contributed by atoms with van der Waals surface area (Å²) < 4.78 is 36.9. The van der Waals surface area contributed by atoms with Crippen molar-refractivity contribution in [3.05, 3.63) is 12.7 Å². The summed E-state index contributed by atoms with van der Waals surface area (Å²) in [7, 11) is 0. The van der Waals surface area contributed by atoms with Crippen LogP contribution in [0.15, 0.2) is 12.7 Å². The number of nitrogens with zero attached hydrogens (tertiary/aromatic N) is 1. The molecule has 0 radical (unpaired) electrons. The van der Waals surface area contributed by atoms with Gasteiger partial charge in [0.25, 0.3) is 0 Å². The molecule has 1 fully saturated rings. The Morgan fingerprint density at radius 2 is 1.94 bits per heavy atom. The Kier molecular flexibility index (Phi) is 5.46. The van der Waals surface area contributed by atoms with Crippen molar-refractivity contribution in [2.24, 2.45) is 5.92 Å². The van der Waals surface area contributed by atoms with Gasteiger partial charge in [-0.15, -0.1) is 6.58 Å². The van der Waals surface area contributed by atoms with E-state index in [0.717, 1.165) is 19.4 Å². The number of halogens is 3. The monoisotopic (exact) mass is 251 g/mol. The number of allylic oxidation sites excluding steroid dienone is 1. The van der Waals surface area contributed by atoms with Crippen molar-refractivity contribution in [3.63, 3.8) is 0 Å². The maximum absolute atomic E-state index is 12.3. The average Bonchev–Trinajstić information content (AvgIpc) is 2.28. The maximum Gasteiger partial charge on any atom is 0.414 e. The van der Waals surface area contributed by atoms with Gasteiger partial charge in [0.2, 0.25) is 0 Å². The van der Waals surface area contributed by atoms with Gasteiger partial charge >= 0.3 is 6.18 Å². The van der Waals surface area contributed by atoms with Crippen LogP contribution in [0.3, 0.4) is 0 Å². The minimum Gasteiger partial charge on any atom is -0.383 e. The minimum atomic E-state index is -4.48. The van der Waals surface area contributed by atoms with Crippen LogP contribution in [0.4, 0.5) is 13.2 Å². The molecular formula is C12H20F3NO. The quantitative estimate of drug-likeness (QED) is 0.599. The number of rotatable bonds is 5. The fourth-order valence-corrected chi connectivity index (χ4v) is 2.22. The first-order valence-corrected chi connectivity index (χ1v) is 6.03. The summed E-state index contributed by atoms with van der Waals surface area (Å²) in [5.74, 6) is -0.634. The molecular weight excluding hydrogens is 231 g/mol. The van der Waals surface area contributed by atoms with E-state index in [-0.39, 0.29) is 0 Å². The van der Waals surface area contributed by atoms with Crippen LogP contribution < -0.4 is 0 Å². The molecule has 1 aliphatic rings. The standard InChI is InChI=1S/C12H20F3NO/c1-2-3-4-7-16-8-5-10(6-9-16)11(17)12(13,14)15/h2,10-11,17H,1,3-9H2. The highest BCUT2D eigenvalue weighted by atomic mass is 19.4. The molecule has 1 saturated heterocycles. The van der Waals surface area contributed by atoms with Gasteiger partial charge in [0.15, 0.2) is 6.10 Å². The molecule has 1 atom stereocenters. The highest BCUT2D eigenvalue weighted by molar-refractivity contribution is 4.81. The van der Waals surface area contributed by atoms with Crippen molar-refractivity contribution >= 4 is 0 Å². The normalized spacial score (nSPS) is 21.4. The molecule has 0 bridgehead atoms. The number of likely N-dealkylation sites (tertiary alicyclic amines) is 1. The number of hydrogen-bond acceptors (Lipinski definition) is 2. The van der Waals surface area contributed by atoms with E-state index in [2.05, 4.69) is 11.5 Å². The van der Waals surface area contributed by atoms with Gasteiger partial charge in [0, 0.05) is 0 Å². The van der Waals surface area contributed by atoms with Crippen LogP contribution in [0.2, 0.25) is 0 Å². The third kappa shape index (κ3) is 4.68. The van der Waals surface area contributed by atoms with Crippen molar-refractivity contribution < 1.29 is 18.3 Å². The van der Waals surface area contributed by atoms with Crippen LogP contribution in [0.25, 0.3) is 0 Å². The second-order valence-electron chi connectivity index (χ2n) is 4.60. The molecule has 1 N–H and O–H groups in total. The van der Waals surface area contributed by atoms with Crippen LogP contribution in [-0.2, 0) is 0 Å². The molecule has 1 aliphatic heterocycles. The zero-order valence-corrected chi connectivity index (χ0v) is 9.92. The Labute approximate surface area is 100 Å². The smallest absolute Gasteiger partial charge is 0.383 e. The van der Waals surface area contributed by atoms with E-state index < -0.39 is 18.2 Å². The molecule has 1 rings (SSSR count). The summed E-state index contributed by atoms with van der Waals surface area (Å²) in [5.41, 5.74) is 0. The fraction of sp³-hybridized carbons (Fsp3) is 0.833. The first-order valence-electron chi connectivity index (χ1n) is 6.03. The van der Waals surface area contributed by atoms with Crippen molar-refractivity contribution in [1.29, 1.82) is 0 Å². The number of hydrogen-bond donors (Lipinski definition) is 1. The molecule has 1 heterocycles. The average molecular weight is 251 g/mol. The topological polar surface area (TPSA) is 23.5 Å². The van der Waals surface area contributed by atoms with Gasteiger partial charge in [0.05, 0.1) is 0 Å². The number of alkyl halides is 3. The van der Waals surface area contributed by atoms with Crippen LogP contribution in [0.1, 0.15) is 25.7 Å². The second-order valence-corrected chi connectivity index (χ2v) is 4.60.